The Hall–Kier alpha value is -0.380. The van der Waals surface area contributed by atoms with E-state index in [0.29, 0.717) is 5.92 Å². The van der Waals surface area contributed by atoms with Gasteiger partial charge in [-0.3, -0.25) is 0 Å². The van der Waals surface area contributed by atoms with Gasteiger partial charge in [0.25, 0.3) is 0 Å². The number of halogens is 1. The van der Waals surface area contributed by atoms with Crippen LogP contribution in [0, 0.1) is 5.92 Å². The van der Waals surface area contributed by atoms with Crippen molar-refractivity contribution in [2.45, 2.75) is 25.7 Å². The first-order valence-electron chi connectivity index (χ1n) is 6.92. The summed E-state index contributed by atoms with van der Waals surface area (Å²) in [5, 5.41) is 0. The molecule has 1 aliphatic heterocycles. The van der Waals surface area contributed by atoms with Gasteiger partial charge in [-0.1, -0.05) is 35.0 Å². The summed E-state index contributed by atoms with van der Waals surface area (Å²) in [4.78, 5) is 2.53. The predicted octanol–water partition coefficient (Wildman–Crippen LogP) is 3.22. The first-order chi connectivity index (χ1) is 8.74. The molecule has 1 fully saturated rings. The van der Waals surface area contributed by atoms with Crippen LogP contribution in [-0.4, -0.2) is 31.1 Å². The largest absolute Gasteiger partial charge is 0.330 e. The van der Waals surface area contributed by atoms with Crippen molar-refractivity contribution in [1.29, 1.82) is 0 Å². The molecule has 18 heavy (non-hydrogen) atoms. The monoisotopic (exact) mass is 310 g/mol. The molecule has 2 N–H and O–H groups in total. The average Bonchev–Trinajstić information content (AvgIpc) is 2.40. The highest BCUT2D eigenvalue weighted by Gasteiger charge is 2.26. The summed E-state index contributed by atoms with van der Waals surface area (Å²) in [6.45, 7) is 6.64. The van der Waals surface area contributed by atoms with Crippen molar-refractivity contribution in [3.8, 4) is 0 Å². The first kappa shape index (κ1) is 14.0. The average molecular weight is 311 g/mol. The number of benzene rings is 1. The maximum Gasteiger partial charge on any atom is 0.0178 e. The molecule has 1 atom stereocenters. The summed E-state index contributed by atoms with van der Waals surface area (Å²) >= 11 is 3.56. The summed E-state index contributed by atoms with van der Waals surface area (Å²) in [7, 11) is 0. The molecule has 0 spiro atoms. The fourth-order valence-electron chi connectivity index (χ4n) is 3.01. The van der Waals surface area contributed by atoms with Crippen LogP contribution in [0.4, 0.5) is 0 Å². The van der Waals surface area contributed by atoms with Crippen LogP contribution in [0.15, 0.2) is 28.7 Å². The Labute approximate surface area is 119 Å². The normalized spacial score (nSPS) is 19.9. The third-order valence-electron chi connectivity index (χ3n) is 4.18. The Balaban J connectivity index is 2.05. The zero-order valence-electron chi connectivity index (χ0n) is 11.1. The summed E-state index contributed by atoms with van der Waals surface area (Å²) in [5.41, 5.74) is 7.41. The quantitative estimate of drug-likeness (QED) is 0.925. The van der Waals surface area contributed by atoms with Gasteiger partial charge < -0.3 is 10.6 Å². The van der Waals surface area contributed by atoms with Gasteiger partial charge in [-0.25, -0.2) is 0 Å². The van der Waals surface area contributed by atoms with Crippen molar-refractivity contribution in [3.63, 3.8) is 0 Å². The molecule has 1 heterocycles. The second kappa shape index (κ2) is 6.69. The number of hydrogen-bond acceptors (Lipinski definition) is 2. The molecule has 1 aromatic rings. The molecule has 3 heteroatoms. The smallest absolute Gasteiger partial charge is 0.0178 e. The van der Waals surface area contributed by atoms with E-state index < -0.39 is 0 Å². The standard InChI is InChI=1S/C15H23BrN2/c1-2-18-8-6-12(7-9-18)15(11-17)13-4-3-5-14(16)10-13/h3-5,10,12,15H,2,6-9,11,17H2,1H3. The van der Waals surface area contributed by atoms with E-state index in [9.17, 15) is 0 Å². The minimum Gasteiger partial charge on any atom is -0.330 e. The SMILES string of the molecule is CCN1CCC(C(CN)c2cccc(Br)c2)CC1. The topological polar surface area (TPSA) is 29.3 Å². The Kier molecular flexibility index (Phi) is 5.22. The van der Waals surface area contributed by atoms with Crippen LogP contribution in [0.5, 0.6) is 0 Å². The summed E-state index contributed by atoms with van der Waals surface area (Å²) in [6.07, 6.45) is 2.56. The minimum absolute atomic E-state index is 0.515. The Morgan fingerprint density at radius 1 is 1.39 bits per heavy atom. The van der Waals surface area contributed by atoms with E-state index in [-0.39, 0.29) is 0 Å². The summed E-state index contributed by atoms with van der Waals surface area (Å²) in [6, 6.07) is 8.64. The summed E-state index contributed by atoms with van der Waals surface area (Å²) < 4.78 is 1.16. The van der Waals surface area contributed by atoms with Gasteiger partial charge in [-0.15, -0.1) is 0 Å². The van der Waals surface area contributed by atoms with Crippen molar-refractivity contribution in [2.24, 2.45) is 11.7 Å². The number of likely N-dealkylation sites (tertiary alicyclic amines) is 1. The summed E-state index contributed by atoms with van der Waals surface area (Å²) in [5.74, 6) is 1.26. The van der Waals surface area contributed by atoms with Gasteiger partial charge in [-0.2, -0.15) is 0 Å². The van der Waals surface area contributed by atoms with Crippen molar-refractivity contribution in [2.75, 3.05) is 26.2 Å². The third kappa shape index (κ3) is 3.34. The number of nitrogens with zero attached hydrogens (tertiary/aromatic N) is 1. The van der Waals surface area contributed by atoms with E-state index in [2.05, 4.69) is 52.0 Å². The zero-order valence-corrected chi connectivity index (χ0v) is 12.7. The lowest BCUT2D eigenvalue weighted by atomic mass is 9.80. The van der Waals surface area contributed by atoms with Gasteiger partial charge in [0.2, 0.25) is 0 Å². The molecule has 0 aromatic heterocycles. The Morgan fingerprint density at radius 2 is 2.11 bits per heavy atom. The second-order valence-electron chi connectivity index (χ2n) is 5.17. The van der Waals surface area contributed by atoms with Gasteiger partial charge in [0.1, 0.15) is 0 Å². The second-order valence-corrected chi connectivity index (χ2v) is 6.08. The van der Waals surface area contributed by atoms with Crippen molar-refractivity contribution in [3.05, 3.63) is 34.3 Å². The zero-order chi connectivity index (χ0) is 13.0. The van der Waals surface area contributed by atoms with Crippen molar-refractivity contribution in [1.82, 2.24) is 4.90 Å². The molecular weight excluding hydrogens is 288 g/mol. The maximum atomic E-state index is 6.02. The number of hydrogen-bond donors (Lipinski definition) is 1. The molecule has 2 nitrogen and oxygen atoms in total. The number of piperidine rings is 1. The van der Waals surface area contributed by atoms with E-state index >= 15 is 0 Å². The molecule has 2 rings (SSSR count). The molecule has 1 aromatic carbocycles. The fourth-order valence-corrected chi connectivity index (χ4v) is 3.43. The minimum atomic E-state index is 0.515. The molecule has 1 aliphatic rings. The predicted molar refractivity (Wildman–Crippen MR) is 80.8 cm³/mol. The molecular formula is C15H23BrN2. The van der Waals surface area contributed by atoms with Crippen LogP contribution in [0.2, 0.25) is 0 Å². The molecule has 0 radical (unpaired) electrons. The van der Waals surface area contributed by atoms with Gasteiger partial charge in [0.05, 0.1) is 0 Å². The molecule has 0 amide bonds. The van der Waals surface area contributed by atoms with Crippen LogP contribution < -0.4 is 5.73 Å². The van der Waals surface area contributed by atoms with Gasteiger partial charge in [0, 0.05) is 4.47 Å². The van der Waals surface area contributed by atoms with Gasteiger partial charge in [0.15, 0.2) is 0 Å². The van der Waals surface area contributed by atoms with E-state index in [1.165, 1.54) is 38.0 Å². The third-order valence-corrected chi connectivity index (χ3v) is 4.67. The van der Waals surface area contributed by atoms with Gasteiger partial charge >= 0.3 is 0 Å². The van der Waals surface area contributed by atoms with Crippen LogP contribution in [0.25, 0.3) is 0 Å². The Bertz CT molecular complexity index is 373. The van der Waals surface area contributed by atoms with Crippen LogP contribution in [0.1, 0.15) is 31.2 Å². The van der Waals surface area contributed by atoms with E-state index in [4.69, 9.17) is 5.73 Å². The van der Waals surface area contributed by atoms with E-state index in [1.54, 1.807) is 0 Å². The lowest BCUT2D eigenvalue weighted by molar-refractivity contribution is 0.176. The highest BCUT2D eigenvalue weighted by Crippen LogP contribution is 2.32. The van der Waals surface area contributed by atoms with Crippen LogP contribution >= 0.6 is 15.9 Å². The molecule has 1 saturated heterocycles. The van der Waals surface area contributed by atoms with E-state index in [0.717, 1.165) is 16.9 Å². The van der Waals surface area contributed by atoms with Crippen molar-refractivity contribution >= 4 is 15.9 Å². The first-order valence-corrected chi connectivity index (χ1v) is 7.71. The lowest BCUT2D eigenvalue weighted by Crippen LogP contribution is -2.36. The number of nitrogens with two attached hydrogens (primary N) is 1. The molecule has 0 bridgehead atoms. The lowest BCUT2D eigenvalue weighted by Gasteiger charge is -2.35. The molecule has 1 unspecified atom stereocenters. The van der Waals surface area contributed by atoms with E-state index in [1.807, 2.05) is 0 Å². The molecule has 0 saturated carbocycles. The number of rotatable bonds is 4. The highest BCUT2D eigenvalue weighted by molar-refractivity contribution is 9.10. The fraction of sp³-hybridized carbons (Fsp3) is 0.600. The van der Waals surface area contributed by atoms with Gasteiger partial charge in [-0.05, 0) is 68.6 Å². The maximum absolute atomic E-state index is 6.02. The van der Waals surface area contributed by atoms with Crippen molar-refractivity contribution < 1.29 is 0 Å². The van der Waals surface area contributed by atoms with Crippen LogP contribution in [0.3, 0.4) is 0 Å². The molecule has 100 valence electrons. The molecule has 0 aliphatic carbocycles. The highest BCUT2D eigenvalue weighted by atomic mass is 79.9. The van der Waals surface area contributed by atoms with Crippen LogP contribution in [-0.2, 0) is 0 Å². The Morgan fingerprint density at radius 3 is 2.67 bits per heavy atom.